The van der Waals surface area contributed by atoms with Crippen LogP contribution >= 0.6 is 0 Å². The number of aryl methyl sites for hydroxylation is 1. The largest absolute Gasteiger partial charge is 0.336 e. The van der Waals surface area contributed by atoms with Crippen LogP contribution in [0.5, 0.6) is 0 Å². The van der Waals surface area contributed by atoms with Gasteiger partial charge in [-0.1, -0.05) is 51.1 Å². The number of benzene rings is 1. The van der Waals surface area contributed by atoms with Gasteiger partial charge in [-0.25, -0.2) is 9.78 Å². The molecule has 0 saturated heterocycles. The molecule has 0 aliphatic heterocycles. The summed E-state index contributed by atoms with van der Waals surface area (Å²) in [4.78, 5) is 33.5. The van der Waals surface area contributed by atoms with Crippen LogP contribution in [-0.2, 0) is 13.1 Å². The molecule has 1 N–H and O–H groups in total. The minimum atomic E-state index is -0.277. The van der Waals surface area contributed by atoms with E-state index in [9.17, 15) is 9.59 Å². The lowest BCUT2D eigenvalue weighted by Crippen LogP contribution is -2.40. The molecule has 2 aromatic heterocycles. The molecule has 0 aliphatic carbocycles. The average molecular weight is 354 g/mol. The fourth-order valence-corrected chi connectivity index (χ4v) is 3.47. The summed E-state index contributed by atoms with van der Waals surface area (Å²) in [6, 6.07) is 10.1. The highest BCUT2D eigenvalue weighted by Crippen LogP contribution is 2.26. The summed E-state index contributed by atoms with van der Waals surface area (Å²) < 4.78 is 2.95. The van der Waals surface area contributed by atoms with Crippen molar-refractivity contribution < 1.29 is 0 Å². The molecular formula is C20H26N4O2. The van der Waals surface area contributed by atoms with Gasteiger partial charge in [0.05, 0.1) is 0 Å². The maximum absolute atomic E-state index is 12.8. The monoisotopic (exact) mass is 354 g/mol. The van der Waals surface area contributed by atoms with Crippen LogP contribution in [0.1, 0.15) is 57.3 Å². The number of nitrogens with one attached hydrogen (secondary N) is 1. The van der Waals surface area contributed by atoms with Crippen LogP contribution in [0.25, 0.3) is 11.2 Å². The van der Waals surface area contributed by atoms with Gasteiger partial charge in [-0.2, -0.15) is 0 Å². The van der Waals surface area contributed by atoms with Crippen molar-refractivity contribution in [2.45, 2.75) is 59.0 Å². The first-order chi connectivity index (χ1) is 12.6. The fourth-order valence-electron chi connectivity index (χ4n) is 3.47. The Kier molecular flexibility index (Phi) is 5.40. The number of H-pyrrole nitrogens is 1. The number of imidazole rings is 1. The van der Waals surface area contributed by atoms with E-state index < -0.39 is 0 Å². The van der Waals surface area contributed by atoms with Crippen LogP contribution in [0.3, 0.4) is 0 Å². The Morgan fingerprint density at radius 1 is 1.00 bits per heavy atom. The van der Waals surface area contributed by atoms with Crippen molar-refractivity contribution in [2.24, 2.45) is 0 Å². The zero-order valence-corrected chi connectivity index (χ0v) is 15.7. The molecule has 0 fully saturated rings. The van der Waals surface area contributed by atoms with E-state index in [0.29, 0.717) is 24.3 Å². The molecule has 0 radical (unpaired) electrons. The summed E-state index contributed by atoms with van der Waals surface area (Å²) in [5, 5.41) is 0. The van der Waals surface area contributed by atoms with Crippen molar-refractivity contribution in [1.82, 2.24) is 19.1 Å². The second-order valence-electron chi connectivity index (χ2n) is 6.58. The van der Waals surface area contributed by atoms with Gasteiger partial charge in [0.2, 0.25) is 0 Å². The van der Waals surface area contributed by atoms with Gasteiger partial charge in [0, 0.05) is 19.0 Å². The second kappa shape index (κ2) is 7.72. The number of nitrogens with zero attached hydrogens (tertiary/aromatic N) is 3. The maximum Gasteiger partial charge on any atom is 0.332 e. The Balaban J connectivity index is 2.24. The average Bonchev–Trinajstić information content (AvgIpc) is 3.09. The summed E-state index contributed by atoms with van der Waals surface area (Å²) in [6.45, 7) is 7.04. The minimum Gasteiger partial charge on any atom is -0.336 e. The molecular weight excluding hydrogens is 328 g/mol. The van der Waals surface area contributed by atoms with Gasteiger partial charge in [-0.3, -0.25) is 13.9 Å². The number of hydrogen-bond acceptors (Lipinski definition) is 3. The molecule has 0 unspecified atom stereocenters. The lowest BCUT2D eigenvalue weighted by molar-refractivity contribution is 0.555. The van der Waals surface area contributed by atoms with Gasteiger partial charge in [0.15, 0.2) is 5.65 Å². The highest BCUT2D eigenvalue weighted by atomic mass is 16.2. The SMILES string of the molecule is CCCn1c(=O)c2[nH]c([C@@H](CC)c3ccccc3)nc2n(CCC)c1=O. The van der Waals surface area contributed by atoms with E-state index in [2.05, 4.69) is 24.0 Å². The highest BCUT2D eigenvalue weighted by Gasteiger charge is 2.21. The van der Waals surface area contributed by atoms with Crippen molar-refractivity contribution in [2.75, 3.05) is 0 Å². The summed E-state index contributed by atoms with van der Waals surface area (Å²) in [6.07, 6.45) is 2.39. The lowest BCUT2D eigenvalue weighted by Gasteiger charge is -2.12. The molecule has 2 heterocycles. The third-order valence-corrected chi connectivity index (χ3v) is 4.71. The first-order valence-corrected chi connectivity index (χ1v) is 9.40. The third kappa shape index (κ3) is 3.11. The van der Waals surface area contributed by atoms with E-state index in [1.54, 1.807) is 4.57 Å². The van der Waals surface area contributed by atoms with Crippen LogP contribution < -0.4 is 11.2 Å². The molecule has 3 rings (SSSR count). The van der Waals surface area contributed by atoms with E-state index in [-0.39, 0.29) is 17.2 Å². The number of fused-ring (bicyclic) bond motifs is 1. The number of aromatic amines is 1. The molecule has 0 aliphatic rings. The molecule has 6 nitrogen and oxygen atoms in total. The third-order valence-electron chi connectivity index (χ3n) is 4.71. The minimum absolute atomic E-state index is 0.0628. The molecule has 0 saturated carbocycles. The fraction of sp³-hybridized carbons (Fsp3) is 0.450. The highest BCUT2D eigenvalue weighted by molar-refractivity contribution is 5.70. The molecule has 0 amide bonds. The molecule has 1 aromatic carbocycles. The molecule has 26 heavy (non-hydrogen) atoms. The van der Waals surface area contributed by atoms with Gasteiger partial charge in [0.25, 0.3) is 5.56 Å². The van der Waals surface area contributed by atoms with E-state index in [1.807, 2.05) is 32.0 Å². The van der Waals surface area contributed by atoms with Crippen LogP contribution in [0, 0.1) is 0 Å². The second-order valence-corrected chi connectivity index (χ2v) is 6.58. The van der Waals surface area contributed by atoms with E-state index in [4.69, 9.17) is 4.98 Å². The van der Waals surface area contributed by atoms with E-state index in [0.717, 1.165) is 30.7 Å². The van der Waals surface area contributed by atoms with Crippen molar-refractivity contribution in [3.05, 3.63) is 62.6 Å². The van der Waals surface area contributed by atoms with Crippen molar-refractivity contribution in [3.8, 4) is 0 Å². The van der Waals surface area contributed by atoms with E-state index >= 15 is 0 Å². The Morgan fingerprint density at radius 2 is 1.65 bits per heavy atom. The smallest absolute Gasteiger partial charge is 0.332 e. The summed E-state index contributed by atoms with van der Waals surface area (Å²) in [7, 11) is 0. The lowest BCUT2D eigenvalue weighted by atomic mass is 9.96. The summed E-state index contributed by atoms with van der Waals surface area (Å²) >= 11 is 0. The topological polar surface area (TPSA) is 72.7 Å². The molecule has 6 heteroatoms. The Bertz CT molecular complexity index is 998. The van der Waals surface area contributed by atoms with Crippen LogP contribution in [-0.4, -0.2) is 19.1 Å². The number of aromatic nitrogens is 4. The van der Waals surface area contributed by atoms with Gasteiger partial charge < -0.3 is 4.98 Å². The van der Waals surface area contributed by atoms with E-state index in [1.165, 1.54) is 4.57 Å². The Morgan fingerprint density at radius 3 is 2.27 bits per heavy atom. The standard InChI is InChI=1S/C20H26N4O2/c1-4-12-23-18-16(19(25)24(13-5-2)20(23)26)21-17(22-18)15(6-3)14-10-8-7-9-11-14/h7-11,15H,4-6,12-13H2,1-3H3,(H,21,22)/t15-/m0/s1. The Labute approximate surface area is 152 Å². The van der Waals surface area contributed by atoms with Gasteiger partial charge >= 0.3 is 5.69 Å². The summed E-state index contributed by atoms with van der Waals surface area (Å²) in [5.74, 6) is 0.803. The van der Waals surface area contributed by atoms with Crippen LogP contribution in [0.4, 0.5) is 0 Å². The zero-order chi connectivity index (χ0) is 18.7. The zero-order valence-electron chi connectivity index (χ0n) is 15.7. The predicted octanol–water partition coefficient (Wildman–Crippen LogP) is 3.25. The molecule has 3 aromatic rings. The van der Waals surface area contributed by atoms with Crippen molar-refractivity contribution >= 4 is 11.2 Å². The molecule has 0 bridgehead atoms. The first-order valence-electron chi connectivity index (χ1n) is 9.40. The normalized spacial score (nSPS) is 12.6. The van der Waals surface area contributed by atoms with Crippen molar-refractivity contribution in [1.29, 1.82) is 0 Å². The number of hydrogen-bond donors (Lipinski definition) is 1. The first kappa shape index (κ1) is 18.2. The molecule has 1 atom stereocenters. The van der Waals surface area contributed by atoms with Crippen LogP contribution in [0.2, 0.25) is 0 Å². The van der Waals surface area contributed by atoms with Gasteiger partial charge in [0.1, 0.15) is 11.3 Å². The van der Waals surface area contributed by atoms with Gasteiger partial charge in [-0.05, 0) is 24.8 Å². The maximum atomic E-state index is 12.8. The predicted molar refractivity (Wildman–Crippen MR) is 104 cm³/mol. The van der Waals surface area contributed by atoms with Gasteiger partial charge in [-0.15, -0.1) is 0 Å². The van der Waals surface area contributed by atoms with Crippen LogP contribution in [0.15, 0.2) is 39.9 Å². The summed E-state index contributed by atoms with van der Waals surface area (Å²) in [5.41, 5.74) is 1.50. The van der Waals surface area contributed by atoms with Crippen molar-refractivity contribution in [3.63, 3.8) is 0 Å². The molecule has 0 spiro atoms. The molecule has 138 valence electrons. The Hall–Kier alpha value is -2.63. The quantitative estimate of drug-likeness (QED) is 0.708. The number of rotatable bonds is 7.